The lowest BCUT2D eigenvalue weighted by atomic mass is 10.1. The van der Waals surface area contributed by atoms with Crippen LogP contribution in [0.25, 0.3) is 0 Å². The van der Waals surface area contributed by atoms with Crippen LogP contribution in [0, 0.1) is 11.3 Å². The minimum Gasteiger partial charge on any atom is -0.381 e. The summed E-state index contributed by atoms with van der Waals surface area (Å²) in [5.41, 5.74) is -1.33. The van der Waals surface area contributed by atoms with Crippen molar-refractivity contribution in [1.29, 1.82) is 5.26 Å². The molecule has 1 rings (SSSR count). The van der Waals surface area contributed by atoms with E-state index in [2.05, 4.69) is 5.32 Å². The lowest BCUT2D eigenvalue weighted by Crippen LogP contribution is -2.27. The fourth-order valence-electron chi connectivity index (χ4n) is 1.78. The van der Waals surface area contributed by atoms with E-state index in [0.29, 0.717) is 0 Å². The SMILES string of the molecule is CCS(=O)(=O)CC(C)Nc1ccc(C#N)cc1C(F)(F)F. The van der Waals surface area contributed by atoms with Gasteiger partial charge in [-0.2, -0.15) is 18.4 Å². The minimum absolute atomic E-state index is 0.0709. The number of anilines is 1. The number of nitriles is 1. The van der Waals surface area contributed by atoms with Crippen LogP contribution in [0.2, 0.25) is 0 Å². The van der Waals surface area contributed by atoms with Gasteiger partial charge in [-0.1, -0.05) is 6.92 Å². The van der Waals surface area contributed by atoms with Crippen LogP contribution in [0.5, 0.6) is 0 Å². The third kappa shape index (κ3) is 4.93. The molecule has 0 aromatic heterocycles. The fourth-order valence-corrected chi connectivity index (χ4v) is 2.86. The van der Waals surface area contributed by atoms with Crippen molar-refractivity contribution in [3.63, 3.8) is 0 Å². The number of alkyl halides is 3. The molecular weight excluding hydrogens is 305 g/mol. The van der Waals surface area contributed by atoms with Crippen molar-refractivity contribution in [3.05, 3.63) is 29.3 Å². The van der Waals surface area contributed by atoms with E-state index in [-0.39, 0.29) is 22.8 Å². The second kappa shape index (κ2) is 6.35. The minimum atomic E-state index is -4.63. The van der Waals surface area contributed by atoms with Gasteiger partial charge in [-0.15, -0.1) is 0 Å². The first-order chi connectivity index (χ1) is 9.59. The molecule has 8 heteroatoms. The quantitative estimate of drug-likeness (QED) is 0.905. The highest BCUT2D eigenvalue weighted by molar-refractivity contribution is 7.91. The molecule has 1 atom stereocenters. The lowest BCUT2D eigenvalue weighted by molar-refractivity contribution is -0.137. The number of sulfone groups is 1. The molecule has 0 bridgehead atoms. The summed E-state index contributed by atoms with van der Waals surface area (Å²) in [4.78, 5) is 0. The fraction of sp³-hybridized carbons (Fsp3) is 0.462. The van der Waals surface area contributed by atoms with Gasteiger partial charge in [-0.05, 0) is 25.1 Å². The van der Waals surface area contributed by atoms with E-state index in [1.807, 2.05) is 0 Å². The molecule has 0 saturated heterocycles. The summed E-state index contributed by atoms with van der Waals surface area (Å²) < 4.78 is 61.8. The van der Waals surface area contributed by atoms with Gasteiger partial charge < -0.3 is 5.32 Å². The Morgan fingerprint density at radius 3 is 2.48 bits per heavy atom. The molecule has 1 aromatic rings. The molecule has 1 unspecified atom stereocenters. The molecule has 0 aliphatic carbocycles. The molecule has 0 aliphatic heterocycles. The summed E-state index contributed by atoms with van der Waals surface area (Å²) in [5, 5.41) is 11.2. The van der Waals surface area contributed by atoms with Crippen LogP contribution >= 0.6 is 0 Å². The number of nitrogens with one attached hydrogen (secondary N) is 1. The zero-order chi connectivity index (χ0) is 16.3. The second-order valence-electron chi connectivity index (χ2n) is 4.61. The van der Waals surface area contributed by atoms with Crippen molar-refractivity contribution in [2.75, 3.05) is 16.8 Å². The summed E-state index contributed by atoms with van der Waals surface area (Å²) in [6, 6.07) is 4.09. The Labute approximate surface area is 121 Å². The van der Waals surface area contributed by atoms with Crippen LogP contribution in [0.1, 0.15) is 25.0 Å². The molecule has 0 radical (unpaired) electrons. The molecule has 0 aliphatic rings. The number of benzene rings is 1. The van der Waals surface area contributed by atoms with Crippen molar-refractivity contribution in [2.24, 2.45) is 0 Å². The van der Waals surface area contributed by atoms with Crippen LogP contribution in [-0.2, 0) is 16.0 Å². The monoisotopic (exact) mass is 320 g/mol. The van der Waals surface area contributed by atoms with Gasteiger partial charge >= 0.3 is 6.18 Å². The highest BCUT2D eigenvalue weighted by atomic mass is 32.2. The van der Waals surface area contributed by atoms with Crippen molar-refractivity contribution in [3.8, 4) is 6.07 Å². The van der Waals surface area contributed by atoms with E-state index in [4.69, 9.17) is 5.26 Å². The lowest BCUT2D eigenvalue weighted by Gasteiger charge is -2.19. The van der Waals surface area contributed by atoms with Crippen molar-refractivity contribution >= 4 is 15.5 Å². The molecule has 4 nitrogen and oxygen atoms in total. The molecule has 116 valence electrons. The standard InChI is InChI=1S/C13H15F3N2O2S/c1-3-21(19,20)8-9(2)18-12-5-4-10(7-17)6-11(12)13(14,15)16/h4-6,9,18H,3,8H2,1-2H3. The number of halogens is 3. The van der Waals surface area contributed by atoms with Gasteiger partial charge in [0.15, 0.2) is 9.84 Å². The molecule has 0 spiro atoms. The third-order valence-electron chi connectivity index (χ3n) is 2.80. The highest BCUT2D eigenvalue weighted by Crippen LogP contribution is 2.35. The third-order valence-corrected chi connectivity index (χ3v) is 4.69. The smallest absolute Gasteiger partial charge is 0.381 e. The second-order valence-corrected chi connectivity index (χ2v) is 7.01. The van der Waals surface area contributed by atoms with Gasteiger partial charge in [0.2, 0.25) is 0 Å². The first-order valence-electron chi connectivity index (χ1n) is 6.17. The Bertz CT molecular complexity index is 648. The van der Waals surface area contributed by atoms with Crippen molar-refractivity contribution in [1.82, 2.24) is 0 Å². The average molecular weight is 320 g/mol. The van der Waals surface area contributed by atoms with Gasteiger partial charge in [0.25, 0.3) is 0 Å². The van der Waals surface area contributed by atoms with E-state index in [9.17, 15) is 21.6 Å². The maximum Gasteiger partial charge on any atom is 0.418 e. The number of hydrogen-bond acceptors (Lipinski definition) is 4. The Morgan fingerprint density at radius 1 is 1.38 bits per heavy atom. The van der Waals surface area contributed by atoms with E-state index < -0.39 is 27.6 Å². The molecular formula is C13H15F3N2O2S. The molecule has 0 heterocycles. The van der Waals surface area contributed by atoms with E-state index in [1.54, 1.807) is 6.07 Å². The highest BCUT2D eigenvalue weighted by Gasteiger charge is 2.34. The van der Waals surface area contributed by atoms with E-state index in [1.165, 1.54) is 19.9 Å². The average Bonchev–Trinajstić information content (AvgIpc) is 2.37. The van der Waals surface area contributed by atoms with E-state index >= 15 is 0 Å². The normalized spacial score (nSPS) is 13.5. The maximum absolute atomic E-state index is 13.0. The van der Waals surface area contributed by atoms with Crippen LogP contribution < -0.4 is 5.32 Å². The van der Waals surface area contributed by atoms with Crippen molar-refractivity contribution < 1.29 is 21.6 Å². The first kappa shape index (κ1) is 17.3. The Balaban J connectivity index is 3.06. The molecule has 0 saturated carbocycles. The molecule has 1 aromatic carbocycles. The van der Waals surface area contributed by atoms with Gasteiger partial charge in [-0.3, -0.25) is 0 Å². The molecule has 0 amide bonds. The first-order valence-corrected chi connectivity index (χ1v) is 7.99. The van der Waals surface area contributed by atoms with Crippen LogP contribution in [0.4, 0.5) is 18.9 Å². The zero-order valence-electron chi connectivity index (χ0n) is 11.5. The maximum atomic E-state index is 13.0. The topological polar surface area (TPSA) is 70.0 Å². The summed E-state index contributed by atoms with van der Waals surface area (Å²) in [5.74, 6) is -0.334. The van der Waals surface area contributed by atoms with E-state index in [0.717, 1.165) is 12.1 Å². The zero-order valence-corrected chi connectivity index (χ0v) is 12.3. The Morgan fingerprint density at radius 2 is 2.00 bits per heavy atom. The molecule has 0 fully saturated rings. The molecule has 21 heavy (non-hydrogen) atoms. The Hall–Kier alpha value is -1.75. The molecule has 1 N–H and O–H groups in total. The Kier molecular flexibility index (Phi) is 5.23. The van der Waals surface area contributed by atoms with Crippen molar-refractivity contribution in [2.45, 2.75) is 26.1 Å². The van der Waals surface area contributed by atoms with Gasteiger partial charge in [-0.25, -0.2) is 8.42 Å². The number of nitrogens with zero attached hydrogens (tertiary/aromatic N) is 1. The summed E-state index contributed by atoms with van der Waals surface area (Å²) in [6.07, 6.45) is -4.63. The van der Waals surface area contributed by atoms with Crippen LogP contribution in [0.3, 0.4) is 0 Å². The van der Waals surface area contributed by atoms with Crippen LogP contribution in [-0.4, -0.2) is 26.0 Å². The number of hydrogen-bond donors (Lipinski definition) is 1. The summed E-state index contributed by atoms with van der Waals surface area (Å²) in [7, 11) is -3.30. The summed E-state index contributed by atoms with van der Waals surface area (Å²) >= 11 is 0. The predicted octanol–water partition coefficient (Wildman–Crippen LogP) is 2.81. The van der Waals surface area contributed by atoms with Gasteiger partial charge in [0, 0.05) is 17.5 Å². The predicted molar refractivity (Wildman–Crippen MR) is 73.6 cm³/mol. The van der Waals surface area contributed by atoms with Crippen LogP contribution in [0.15, 0.2) is 18.2 Å². The van der Waals surface area contributed by atoms with Gasteiger partial charge in [0.05, 0.1) is 22.9 Å². The number of rotatable bonds is 5. The largest absolute Gasteiger partial charge is 0.418 e. The van der Waals surface area contributed by atoms with Gasteiger partial charge in [0.1, 0.15) is 0 Å². The summed E-state index contributed by atoms with van der Waals surface area (Å²) in [6.45, 7) is 2.97.